The molecule has 0 aliphatic rings. The summed E-state index contributed by atoms with van der Waals surface area (Å²) in [5.41, 5.74) is 1.25. The van der Waals surface area contributed by atoms with Crippen LogP contribution in [0.15, 0.2) is 32.9 Å². The van der Waals surface area contributed by atoms with E-state index in [1.807, 2.05) is 6.07 Å². The van der Waals surface area contributed by atoms with Crippen LogP contribution < -0.4 is 4.72 Å². The van der Waals surface area contributed by atoms with E-state index in [4.69, 9.17) is 5.11 Å². The van der Waals surface area contributed by atoms with Crippen molar-refractivity contribution in [2.24, 2.45) is 0 Å². The number of anilines is 1. The van der Waals surface area contributed by atoms with Gasteiger partial charge in [0.25, 0.3) is 10.0 Å². The monoisotopic (exact) mass is 501 g/mol. The van der Waals surface area contributed by atoms with Gasteiger partial charge in [-0.05, 0) is 75.3 Å². The molecule has 0 amide bonds. The quantitative estimate of drug-likeness (QED) is 0.622. The Morgan fingerprint density at radius 3 is 2.57 bits per heavy atom. The predicted molar refractivity (Wildman–Crippen MR) is 93.7 cm³/mol. The molecule has 0 atom stereocenters. The number of sulfonamides is 1. The largest absolute Gasteiger partial charge is 0.477 e. The topological polar surface area (TPSA) is 83.5 Å². The molecule has 0 aliphatic carbocycles. The summed E-state index contributed by atoms with van der Waals surface area (Å²) in [5.74, 6) is -1.16. The van der Waals surface area contributed by atoms with Crippen molar-refractivity contribution < 1.29 is 18.3 Å². The van der Waals surface area contributed by atoms with Crippen LogP contribution in [0.1, 0.15) is 15.2 Å². The maximum Gasteiger partial charge on any atom is 0.345 e. The van der Waals surface area contributed by atoms with Gasteiger partial charge in [-0.15, -0.1) is 11.3 Å². The van der Waals surface area contributed by atoms with Gasteiger partial charge in [-0.2, -0.15) is 0 Å². The minimum Gasteiger partial charge on any atom is -0.477 e. The highest BCUT2D eigenvalue weighted by Gasteiger charge is 2.23. The number of aromatic carboxylic acids is 1. The van der Waals surface area contributed by atoms with Gasteiger partial charge in [0, 0.05) is 3.57 Å². The third-order valence-corrected chi connectivity index (χ3v) is 6.87. The third kappa shape index (κ3) is 3.76. The second-order valence-electron chi connectivity index (χ2n) is 4.12. The van der Waals surface area contributed by atoms with E-state index >= 15 is 0 Å². The first-order chi connectivity index (χ1) is 9.70. The van der Waals surface area contributed by atoms with Gasteiger partial charge >= 0.3 is 5.97 Å². The van der Waals surface area contributed by atoms with Gasteiger partial charge in [-0.25, -0.2) is 13.2 Å². The van der Waals surface area contributed by atoms with Crippen LogP contribution in [0, 0.1) is 10.5 Å². The number of benzene rings is 1. The number of aryl methyl sites for hydroxylation is 1. The van der Waals surface area contributed by atoms with Gasteiger partial charge in [0.1, 0.15) is 9.77 Å². The number of thiophene rings is 1. The summed E-state index contributed by atoms with van der Waals surface area (Å²) in [7, 11) is -3.84. The zero-order valence-corrected chi connectivity index (χ0v) is 15.9. The third-order valence-electron chi connectivity index (χ3n) is 2.59. The molecule has 0 unspecified atom stereocenters. The van der Waals surface area contributed by atoms with Gasteiger partial charge in [0.05, 0.1) is 9.47 Å². The normalized spacial score (nSPS) is 11.4. The number of carbonyl (C=O) groups is 1. The van der Waals surface area contributed by atoms with Crippen LogP contribution in [0.25, 0.3) is 0 Å². The smallest absolute Gasteiger partial charge is 0.345 e. The van der Waals surface area contributed by atoms with E-state index in [1.54, 1.807) is 19.1 Å². The molecule has 2 N–H and O–H groups in total. The van der Waals surface area contributed by atoms with Crippen molar-refractivity contribution in [3.8, 4) is 0 Å². The average molecular weight is 502 g/mol. The molecule has 0 aliphatic heterocycles. The van der Waals surface area contributed by atoms with E-state index in [0.717, 1.165) is 26.5 Å². The molecule has 2 aromatic rings. The molecule has 0 bridgehead atoms. The van der Waals surface area contributed by atoms with Crippen molar-refractivity contribution in [3.63, 3.8) is 0 Å². The van der Waals surface area contributed by atoms with Crippen LogP contribution in [-0.4, -0.2) is 19.5 Å². The Labute approximate surface area is 147 Å². The Morgan fingerprint density at radius 2 is 2.05 bits per heavy atom. The van der Waals surface area contributed by atoms with Gasteiger partial charge in [0.15, 0.2) is 0 Å². The lowest BCUT2D eigenvalue weighted by atomic mass is 10.2. The second kappa shape index (κ2) is 6.23. The molecule has 0 saturated heterocycles. The van der Waals surface area contributed by atoms with Crippen LogP contribution in [0.4, 0.5) is 5.69 Å². The van der Waals surface area contributed by atoms with E-state index in [1.165, 1.54) is 0 Å². The number of rotatable bonds is 4. The average Bonchev–Trinajstić information content (AvgIpc) is 2.76. The predicted octanol–water partition coefficient (Wildman–Crippen LogP) is 3.92. The van der Waals surface area contributed by atoms with Crippen molar-refractivity contribution in [1.29, 1.82) is 0 Å². The SMILES string of the molecule is Cc1cc(I)ccc1NS(=O)(=O)c1cc(C(=O)O)sc1Br. The fourth-order valence-electron chi connectivity index (χ4n) is 1.58. The first-order valence-corrected chi connectivity index (χ1v) is 9.69. The van der Waals surface area contributed by atoms with E-state index in [9.17, 15) is 13.2 Å². The Bertz CT molecular complexity index is 817. The Hall–Kier alpha value is -0.650. The molecule has 21 heavy (non-hydrogen) atoms. The van der Waals surface area contributed by atoms with E-state index < -0.39 is 16.0 Å². The van der Waals surface area contributed by atoms with Crippen molar-refractivity contribution in [1.82, 2.24) is 0 Å². The first-order valence-electron chi connectivity index (χ1n) is 5.52. The van der Waals surface area contributed by atoms with Crippen LogP contribution in [0.2, 0.25) is 0 Å². The van der Waals surface area contributed by atoms with Gasteiger partial charge in [-0.1, -0.05) is 0 Å². The fourth-order valence-corrected chi connectivity index (χ4v) is 5.76. The molecule has 112 valence electrons. The molecule has 5 nitrogen and oxygen atoms in total. The lowest BCUT2D eigenvalue weighted by molar-refractivity contribution is 0.0702. The van der Waals surface area contributed by atoms with Gasteiger partial charge in [0.2, 0.25) is 0 Å². The van der Waals surface area contributed by atoms with Crippen molar-refractivity contribution in [3.05, 3.63) is 42.1 Å². The molecule has 1 aromatic heterocycles. The van der Waals surface area contributed by atoms with Crippen molar-refractivity contribution >= 4 is 71.5 Å². The highest BCUT2D eigenvalue weighted by Crippen LogP contribution is 2.33. The minimum atomic E-state index is -3.84. The van der Waals surface area contributed by atoms with E-state index in [2.05, 4.69) is 43.2 Å². The highest BCUT2D eigenvalue weighted by molar-refractivity contribution is 14.1. The number of hydrogen-bond acceptors (Lipinski definition) is 4. The van der Waals surface area contributed by atoms with Crippen molar-refractivity contribution in [2.45, 2.75) is 11.8 Å². The molecule has 2 rings (SSSR count). The second-order valence-corrected chi connectivity index (χ2v) is 9.39. The van der Waals surface area contributed by atoms with Gasteiger partial charge < -0.3 is 5.11 Å². The van der Waals surface area contributed by atoms with E-state index in [-0.39, 0.29) is 13.6 Å². The van der Waals surface area contributed by atoms with Crippen LogP contribution in [0.5, 0.6) is 0 Å². The zero-order chi connectivity index (χ0) is 15.8. The summed E-state index contributed by atoms with van der Waals surface area (Å²) in [6, 6.07) is 6.45. The lowest BCUT2D eigenvalue weighted by Gasteiger charge is -2.10. The number of nitrogens with one attached hydrogen (secondary N) is 1. The van der Waals surface area contributed by atoms with E-state index in [0.29, 0.717) is 5.69 Å². The molecule has 0 radical (unpaired) electrons. The Balaban J connectivity index is 2.41. The number of hydrogen-bond donors (Lipinski definition) is 2. The minimum absolute atomic E-state index is 0.0402. The van der Waals surface area contributed by atoms with Crippen molar-refractivity contribution in [2.75, 3.05) is 4.72 Å². The molecule has 1 heterocycles. The summed E-state index contributed by atoms with van der Waals surface area (Å²) in [6.07, 6.45) is 0. The molecule has 0 spiro atoms. The lowest BCUT2D eigenvalue weighted by Crippen LogP contribution is -2.13. The summed E-state index contributed by atoms with van der Waals surface area (Å²) in [6.45, 7) is 1.80. The molecular formula is C12H9BrINO4S2. The Morgan fingerprint density at radius 1 is 1.38 bits per heavy atom. The molecule has 9 heteroatoms. The summed E-state index contributed by atoms with van der Waals surface area (Å²) in [4.78, 5) is 10.8. The molecular weight excluding hydrogens is 493 g/mol. The Kier molecular flexibility index (Phi) is 4.96. The number of carboxylic acid groups (broad SMARTS) is 1. The zero-order valence-electron chi connectivity index (χ0n) is 10.6. The summed E-state index contributed by atoms with van der Waals surface area (Å²) < 4.78 is 28.5. The number of carboxylic acids is 1. The number of halogens is 2. The standard InChI is InChI=1S/C12H9BrINO4S2/c1-6-4-7(14)2-3-8(6)15-21(18,19)10-5-9(12(16)17)20-11(10)13/h2-5,15H,1H3,(H,16,17). The fraction of sp³-hybridized carbons (Fsp3) is 0.0833. The van der Waals surface area contributed by atoms with Crippen LogP contribution in [0.3, 0.4) is 0 Å². The summed E-state index contributed by atoms with van der Waals surface area (Å²) >= 11 is 6.10. The molecule has 0 fully saturated rings. The van der Waals surface area contributed by atoms with Crippen LogP contribution in [-0.2, 0) is 10.0 Å². The highest BCUT2D eigenvalue weighted by atomic mass is 127. The maximum absolute atomic E-state index is 12.4. The first kappa shape index (κ1) is 16.7. The maximum atomic E-state index is 12.4. The van der Waals surface area contributed by atoms with Crippen LogP contribution >= 0.6 is 49.9 Å². The van der Waals surface area contributed by atoms with Gasteiger partial charge in [-0.3, -0.25) is 4.72 Å². The molecule has 0 saturated carbocycles. The molecule has 1 aromatic carbocycles. The summed E-state index contributed by atoms with van der Waals surface area (Å²) in [5, 5.41) is 8.93.